The summed E-state index contributed by atoms with van der Waals surface area (Å²) in [7, 11) is 0. The van der Waals surface area contributed by atoms with Crippen LogP contribution in [0.3, 0.4) is 0 Å². The highest BCUT2D eigenvalue weighted by molar-refractivity contribution is 5.17. The lowest BCUT2D eigenvalue weighted by atomic mass is 10.1. The van der Waals surface area contributed by atoms with E-state index >= 15 is 0 Å². The van der Waals surface area contributed by atoms with Crippen LogP contribution in [0.5, 0.6) is 0 Å². The molecule has 1 rings (SSSR count). The number of pyridine rings is 1. The molecular formula is C11H18N2. The maximum Gasteiger partial charge on any atom is 0.0445 e. The topological polar surface area (TPSA) is 24.9 Å². The van der Waals surface area contributed by atoms with Gasteiger partial charge >= 0.3 is 0 Å². The van der Waals surface area contributed by atoms with E-state index in [1.54, 1.807) is 0 Å². The molecule has 0 aliphatic heterocycles. The van der Waals surface area contributed by atoms with Crippen LogP contribution in [0.15, 0.2) is 18.3 Å². The van der Waals surface area contributed by atoms with E-state index in [9.17, 15) is 0 Å². The molecule has 72 valence electrons. The fourth-order valence-corrected chi connectivity index (χ4v) is 1.26. The first-order chi connectivity index (χ1) is 6.20. The van der Waals surface area contributed by atoms with Crippen molar-refractivity contribution in [3.05, 3.63) is 29.6 Å². The third kappa shape index (κ3) is 3.55. The molecular weight excluding hydrogens is 160 g/mol. The Morgan fingerprint density at radius 2 is 2.23 bits per heavy atom. The van der Waals surface area contributed by atoms with Crippen LogP contribution in [0.2, 0.25) is 0 Å². The molecule has 0 aromatic carbocycles. The van der Waals surface area contributed by atoms with E-state index in [-0.39, 0.29) is 0 Å². The maximum atomic E-state index is 4.34. The van der Waals surface area contributed by atoms with Crippen molar-refractivity contribution in [2.45, 2.75) is 33.2 Å². The van der Waals surface area contributed by atoms with Gasteiger partial charge in [0.1, 0.15) is 0 Å². The molecule has 0 spiro atoms. The zero-order chi connectivity index (χ0) is 9.68. The second-order valence-corrected chi connectivity index (χ2v) is 3.63. The van der Waals surface area contributed by atoms with Gasteiger partial charge < -0.3 is 5.32 Å². The molecule has 1 N–H and O–H groups in total. The molecule has 0 aliphatic rings. The monoisotopic (exact) mass is 178 g/mol. The molecule has 0 atom stereocenters. The highest BCUT2D eigenvalue weighted by Gasteiger charge is 1.98. The van der Waals surface area contributed by atoms with Crippen LogP contribution in [0, 0.1) is 6.92 Å². The summed E-state index contributed by atoms with van der Waals surface area (Å²) in [5, 5.41) is 3.38. The van der Waals surface area contributed by atoms with Gasteiger partial charge in [0.15, 0.2) is 0 Å². The smallest absolute Gasteiger partial charge is 0.0445 e. The van der Waals surface area contributed by atoms with Gasteiger partial charge in [-0.3, -0.25) is 4.98 Å². The Kier molecular flexibility index (Phi) is 3.90. The second-order valence-electron chi connectivity index (χ2n) is 3.63. The lowest BCUT2D eigenvalue weighted by molar-refractivity contribution is 0.586. The van der Waals surface area contributed by atoms with Crippen molar-refractivity contribution in [2.75, 3.05) is 6.54 Å². The van der Waals surface area contributed by atoms with Gasteiger partial charge in [-0.15, -0.1) is 0 Å². The van der Waals surface area contributed by atoms with E-state index in [4.69, 9.17) is 0 Å². The largest absolute Gasteiger partial charge is 0.314 e. The third-order valence-corrected chi connectivity index (χ3v) is 2.03. The molecule has 0 amide bonds. The summed E-state index contributed by atoms with van der Waals surface area (Å²) in [6, 6.07) is 4.65. The SMILES string of the molecule is Cc1cccnc1CCNC(C)C. The summed E-state index contributed by atoms with van der Waals surface area (Å²) >= 11 is 0. The Morgan fingerprint density at radius 1 is 1.46 bits per heavy atom. The standard InChI is InChI=1S/C11H18N2/c1-9(2)12-8-6-11-10(3)5-4-7-13-11/h4-5,7,9,12H,6,8H2,1-3H3. The summed E-state index contributed by atoms with van der Waals surface area (Å²) in [6.45, 7) is 7.43. The van der Waals surface area contributed by atoms with Gasteiger partial charge in [-0.25, -0.2) is 0 Å². The van der Waals surface area contributed by atoms with E-state index < -0.39 is 0 Å². The summed E-state index contributed by atoms with van der Waals surface area (Å²) in [5.74, 6) is 0. The predicted octanol–water partition coefficient (Wildman–Crippen LogP) is 1.93. The van der Waals surface area contributed by atoms with Gasteiger partial charge in [-0.2, -0.15) is 0 Å². The van der Waals surface area contributed by atoms with Crippen molar-refractivity contribution in [2.24, 2.45) is 0 Å². The number of rotatable bonds is 4. The minimum absolute atomic E-state index is 0.559. The van der Waals surface area contributed by atoms with Gasteiger partial charge in [0.05, 0.1) is 0 Å². The van der Waals surface area contributed by atoms with E-state index in [2.05, 4.69) is 37.1 Å². The molecule has 0 radical (unpaired) electrons. The number of nitrogens with zero attached hydrogens (tertiary/aromatic N) is 1. The molecule has 13 heavy (non-hydrogen) atoms. The first kappa shape index (κ1) is 10.2. The van der Waals surface area contributed by atoms with Gasteiger partial charge in [0.25, 0.3) is 0 Å². The lowest BCUT2D eigenvalue weighted by Crippen LogP contribution is -2.25. The molecule has 0 saturated heterocycles. The van der Waals surface area contributed by atoms with Gasteiger partial charge in [-0.1, -0.05) is 19.9 Å². The Hall–Kier alpha value is -0.890. The van der Waals surface area contributed by atoms with E-state index in [0.29, 0.717) is 6.04 Å². The van der Waals surface area contributed by atoms with Crippen molar-refractivity contribution in [1.82, 2.24) is 10.3 Å². The van der Waals surface area contributed by atoms with E-state index in [0.717, 1.165) is 13.0 Å². The number of hydrogen-bond donors (Lipinski definition) is 1. The van der Waals surface area contributed by atoms with Crippen LogP contribution in [0.1, 0.15) is 25.1 Å². The van der Waals surface area contributed by atoms with Crippen molar-refractivity contribution in [1.29, 1.82) is 0 Å². The summed E-state index contributed by atoms with van der Waals surface area (Å²) in [4.78, 5) is 4.34. The summed E-state index contributed by atoms with van der Waals surface area (Å²) < 4.78 is 0. The van der Waals surface area contributed by atoms with Crippen molar-refractivity contribution in [3.8, 4) is 0 Å². The van der Waals surface area contributed by atoms with Crippen LogP contribution >= 0.6 is 0 Å². The highest BCUT2D eigenvalue weighted by atomic mass is 14.9. The molecule has 0 unspecified atom stereocenters. The molecule has 0 fully saturated rings. The van der Waals surface area contributed by atoms with Crippen LogP contribution in [0.4, 0.5) is 0 Å². The zero-order valence-electron chi connectivity index (χ0n) is 8.67. The van der Waals surface area contributed by atoms with Crippen LogP contribution in [-0.4, -0.2) is 17.6 Å². The maximum absolute atomic E-state index is 4.34. The lowest BCUT2D eigenvalue weighted by Gasteiger charge is -2.08. The molecule has 2 nitrogen and oxygen atoms in total. The first-order valence-corrected chi connectivity index (χ1v) is 4.84. The fourth-order valence-electron chi connectivity index (χ4n) is 1.26. The Morgan fingerprint density at radius 3 is 2.85 bits per heavy atom. The minimum atomic E-state index is 0.559. The second kappa shape index (κ2) is 4.97. The molecule has 2 heteroatoms. The average Bonchev–Trinajstić information content (AvgIpc) is 2.08. The van der Waals surface area contributed by atoms with Crippen LogP contribution < -0.4 is 5.32 Å². The predicted molar refractivity (Wildman–Crippen MR) is 55.8 cm³/mol. The van der Waals surface area contributed by atoms with Crippen molar-refractivity contribution < 1.29 is 0 Å². The molecule has 1 aromatic heterocycles. The van der Waals surface area contributed by atoms with Crippen molar-refractivity contribution >= 4 is 0 Å². The number of aryl methyl sites for hydroxylation is 1. The summed E-state index contributed by atoms with van der Waals surface area (Å²) in [5.41, 5.74) is 2.49. The first-order valence-electron chi connectivity index (χ1n) is 4.84. The van der Waals surface area contributed by atoms with Crippen LogP contribution in [-0.2, 0) is 6.42 Å². The number of nitrogens with one attached hydrogen (secondary N) is 1. The molecule has 0 aliphatic carbocycles. The zero-order valence-corrected chi connectivity index (χ0v) is 8.67. The van der Waals surface area contributed by atoms with Crippen molar-refractivity contribution in [3.63, 3.8) is 0 Å². The quantitative estimate of drug-likeness (QED) is 0.762. The summed E-state index contributed by atoms with van der Waals surface area (Å²) in [6.07, 6.45) is 2.88. The Labute approximate surface area is 80.4 Å². The van der Waals surface area contributed by atoms with E-state index in [1.165, 1.54) is 11.3 Å². The van der Waals surface area contributed by atoms with Gasteiger partial charge in [-0.05, 0) is 18.6 Å². The molecule has 1 aromatic rings. The average molecular weight is 178 g/mol. The van der Waals surface area contributed by atoms with Gasteiger partial charge in [0.2, 0.25) is 0 Å². The molecule has 0 saturated carbocycles. The molecule has 1 heterocycles. The fraction of sp³-hybridized carbons (Fsp3) is 0.545. The third-order valence-electron chi connectivity index (χ3n) is 2.03. The Bertz CT molecular complexity index is 256. The van der Waals surface area contributed by atoms with E-state index in [1.807, 2.05) is 12.3 Å². The van der Waals surface area contributed by atoms with Crippen LogP contribution in [0.25, 0.3) is 0 Å². The minimum Gasteiger partial charge on any atom is -0.314 e. The number of aromatic nitrogens is 1. The molecule has 0 bridgehead atoms. The Balaban J connectivity index is 2.41. The van der Waals surface area contributed by atoms with Gasteiger partial charge in [0, 0.05) is 30.9 Å². The normalized spacial score (nSPS) is 10.8. The number of hydrogen-bond acceptors (Lipinski definition) is 2. The highest BCUT2D eigenvalue weighted by Crippen LogP contribution is 2.02.